The maximum Gasteiger partial charge on any atom is 0.257 e. The van der Waals surface area contributed by atoms with Crippen LogP contribution in [0.3, 0.4) is 0 Å². The molecule has 0 bridgehead atoms. The third kappa shape index (κ3) is 6.17. The molecular formula is C22H23N5O5S3. The minimum absolute atomic E-state index is 0.105. The number of benzene rings is 2. The fourth-order valence-electron chi connectivity index (χ4n) is 3.41. The van der Waals surface area contributed by atoms with Crippen LogP contribution in [0, 0.1) is 0 Å². The second kappa shape index (κ2) is 11.2. The highest BCUT2D eigenvalue weighted by atomic mass is 32.2. The van der Waals surface area contributed by atoms with E-state index in [1.807, 2.05) is 6.07 Å². The molecule has 4 rings (SSSR count). The first-order chi connectivity index (χ1) is 16.9. The molecule has 0 aliphatic carbocycles. The second-order valence-corrected chi connectivity index (χ2v) is 11.6. The van der Waals surface area contributed by atoms with Crippen molar-refractivity contribution in [1.29, 1.82) is 0 Å². The Hall–Kier alpha value is -3.00. The van der Waals surface area contributed by atoms with Gasteiger partial charge in [-0.1, -0.05) is 35.2 Å². The predicted octanol–water partition coefficient (Wildman–Crippen LogP) is 3.31. The summed E-state index contributed by atoms with van der Waals surface area (Å²) in [5.41, 5.74) is 0.871. The molecule has 1 saturated heterocycles. The number of ether oxygens (including phenoxy) is 1. The molecule has 184 valence electrons. The largest absolute Gasteiger partial charge is 0.495 e. The number of nitrogens with one attached hydrogen (secondary N) is 2. The summed E-state index contributed by atoms with van der Waals surface area (Å²) >= 11 is 2.33. The molecule has 1 aromatic heterocycles. The van der Waals surface area contributed by atoms with Crippen LogP contribution in [-0.2, 0) is 14.8 Å². The molecule has 0 radical (unpaired) electrons. The van der Waals surface area contributed by atoms with Gasteiger partial charge in [-0.05, 0) is 49.2 Å². The molecule has 2 aromatic carbocycles. The lowest BCUT2D eigenvalue weighted by Crippen LogP contribution is -2.27. The first kappa shape index (κ1) is 25.1. The summed E-state index contributed by atoms with van der Waals surface area (Å²) in [7, 11) is -2.01. The lowest BCUT2D eigenvalue weighted by Gasteiger charge is -2.15. The van der Waals surface area contributed by atoms with Gasteiger partial charge >= 0.3 is 0 Å². The highest BCUT2D eigenvalue weighted by molar-refractivity contribution is 8.01. The number of anilines is 2. The lowest BCUT2D eigenvalue weighted by atomic mass is 10.2. The molecule has 2 N–H and O–H groups in total. The summed E-state index contributed by atoms with van der Waals surface area (Å²) in [6, 6.07) is 12.9. The Morgan fingerprint density at radius 2 is 1.77 bits per heavy atom. The number of sulfonamides is 1. The molecule has 0 atom stereocenters. The number of methoxy groups -OCH3 is 1. The zero-order chi connectivity index (χ0) is 24.8. The highest BCUT2D eigenvalue weighted by Gasteiger charge is 2.27. The number of thioether (sulfide) groups is 1. The number of nitrogens with zero attached hydrogens (tertiary/aromatic N) is 3. The number of hydrogen-bond acceptors (Lipinski definition) is 9. The van der Waals surface area contributed by atoms with Crippen LogP contribution in [0.1, 0.15) is 23.2 Å². The van der Waals surface area contributed by atoms with Gasteiger partial charge in [-0.3, -0.25) is 14.9 Å². The maximum absolute atomic E-state index is 12.6. The Morgan fingerprint density at radius 1 is 1.06 bits per heavy atom. The van der Waals surface area contributed by atoms with Crippen LogP contribution in [0.2, 0.25) is 0 Å². The SMILES string of the molecule is COc1ccccc1NC(=O)CSc1nnc(NC(=O)c2ccc(S(=O)(=O)N3CCCC3)cc2)s1. The molecule has 1 fully saturated rings. The normalized spacial score (nSPS) is 14.0. The summed E-state index contributed by atoms with van der Waals surface area (Å²) < 4.78 is 32.4. The van der Waals surface area contributed by atoms with Gasteiger partial charge in [-0.2, -0.15) is 4.31 Å². The maximum atomic E-state index is 12.6. The van der Waals surface area contributed by atoms with E-state index in [0.717, 1.165) is 24.2 Å². The van der Waals surface area contributed by atoms with Crippen LogP contribution in [0.4, 0.5) is 10.8 Å². The van der Waals surface area contributed by atoms with Crippen molar-refractivity contribution in [3.05, 3.63) is 54.1 Å². The van der Waals surface area contributed by atoms with Crippen molar-refractivity contribution < 1.29 is 22.7 Å². The average Bonchev–Trinajstić information content (AvgIpc) is 3.56. The van der Waals surface area contributed by atoms with E-state index in [4.69, 9.17) is 4.74 Å². The number of hydrogen-bond donors (Lipinski definition) is 2. The molecule has 0 unspecified atom stereocenters. The van der Waals surface area contributed by atoms with E-state index in [1.165, 1.54) is 47.4 Å². The molecule has 3 aromatic rings. The first-order valence-electron chi connectivity index (χ1n) is 10.7. The van der Waals surface area contributed by atoms with Crippen LogP contribution in [-0.4, -0.2) is 60.7 Å². The molecule has 35 heavy (non-hydrogen) atoms. The van der Waals surface area contributed by atoms with Gasteiger partial charge in [0.25, 0.3) is 5.91 Å². The molecule has 1 aliphatic heterocycles. The van der Waals surface area contributed by atoms with Gasteiger partial charge in [0.05, 0.1) is 23.4 Å². The third-order valence-electron chi connectivity index (χ3n) is 5.15. The van der Waals surface area contributed by atoms with E-state index in [2.05, 4.69) is 20.8 Å². The zero-order valence-electron chi connectivity index (χ0n) is 18.8. The standard InChI is InChI=1S/C22H23N5O5S3/c1-32-18-7-3-2-6-17(18)23-19(28)14-33-22-26-25-21(34-22)24-20(29)15-8-10-16(11-9-15)35(30,31)27-12-4-5-13-27/h2-3,6-11H,4-5,12-14H2,1H3,(H,23,28)(H,24,25,29). The molecule has 13 heteroatoms. The molecule has 1 aliphatic rings. The third-order valence-corrected chi connectivity index (χ3v) is 9.04. The van der Waals surface area contributed by atoms with E-state index in [9.17, 15) is 18.0 Å². The van der Waals surface area contributed by atoms with Crippen molar-refractivity contribution in [2.75, 3.05) is 36.6 Å². The number of amides is 2. The summed E-state index contributed by atoms with van der Waals surface area (Å²) in [5.74, 6) is 0.00237. The number of para-hydroxylation sites is 2. The fraction of sp³-hybridized carbons (Fsp3) is 0.273. The van der Waals surface area contributed by atoms with Gasteiger partial charge in [0, 0.05) is 18.7 Å². The van der Waals surface area contributed by atoms with E-state index in [-0.39, 0.29) is 21.7 Å². The smallest absolute Gasteiger partial charge is 0.257 e. The van der Waals surface area contributed by atoms with Gasteiger partial charge in [0.1, 0.15) is 5.75 Å². The monoisotopic (exact) mass is 533 g/mol. The summed E-state index contributed by atoms with van der Waals surface area (Å²) in [6.45, 7) is 1.04. The van der Waals surface area contributed by atoms with E-state index in [1.54, 1.807) is 18.2 Å². The van der Waals surface area contributed by atoms with E-state index in [0.29, 0.717) is 34.4 Å². The van der Waals surface area contributed by atoms with Crippen LogP contribution < -0.4 is 15.4 Å². The van der Waals surface area contributed by atoms with Gasteiger partial charge in [0.2, 0.25) is 21.1 Å². The van der Waals surface area contributed by atoms with Crippen molar-refractivity contribution in [2.45, 2.75) is 22.1 Å². The fourth-order valence-corrected chi connectivity index (χ4v) is 6.47. The minimum Gasteiger partial charge on any atom is -0.495 e. The Bertz CT molecular complexity index is 1310. The quantitative estimate of drug-likeness (QED) is 0.316. The van der Waals surface area contributed by atoms with Gasteiger partial charge < -0.3 is 10.1 Å². The van der Waals surface area contributed by atoms with Crippen LogP contribution >= 0.6 is 23.1 Å². The molecule has 0 saturated carbocycles. The predicted molar refractivity (Wildman–Crippen MR) is 135 cm³/mol. The minimum atomic E-state index is -3.54. The van der Waals surface area contributed by atoms with Crippen molar-refractivity contribution >= 4 is 55.8 Å². The molecule has 2 amide bonds. The number of carbonyl (C=O) groups is 2. The van der Waals surface area contributed by atoms with Gasteiger partial charge in [-0.15, -0.1) is 10.2 Å². The Balaban J connectivity index is 1.30. The Morgan fingerprint density at radius 3 is 2.49 bits per heavy atom. The van der Waals surface area contributed by atoms with Crippen molar-refractivity contribution in [3.8, 4) is 5.75 Å². The topological polar surface area (TPSA) is 131 Å². The molecular weight excluding hydrogens is 510 g/mol. The summed E-state index contributed by atoms with van der Waals surface area (Å²) in [6.07, 6.45) is 1.71. The Labute approximate surface area is 211 Å². The molecule has 10 nitrogen and oxygen atoms in total. The van der Waals surface area contributed by atoms with Crippen LogP contribution in [0.5, 0.6) is 5.75 Å². The van der Waals surface area contributed by atoms with Crippen LogP contribution in [0.25, 0.3) is 0 Å². The number of aromatic nitrogens is 2. The second-order valence-electron chi connectivity index (χ2n) is 7.50. The number of rotatable bonds is 9. The van der Waals surface area contributed by atoms with E-state index < -0.39 is 15.9 Å². The highest BCUT2D eigenvalue weighted by Crippen LogP contribution is 2.28. The Kier molecular flexibility index (Phi) is 8.00. The summed E-state index contributed by atoms with van der Waals surface area (Å²) in [5, 5.41) is 13.6. The summed E-state index contributed by atoms with van der Waals surface area (Å²) in [4.78, 5) is 25.0. The van der Waals surface area contributed by atoms with Gasteiger partial charge in [-0.25, -0.2) is 8.42 Å². The average molecular weight is 534 g/mol. The van der Waals surface area contributed by atoms with Crippen molar-refractivity contribution in [1.82, 2.24) is 14.5 Å². The van der Waals surface area contributed by atoms with Crippen molar-refractivity contribution in [2.24, 2.45) is 0 Å². The van der Waals surface area contributed by atoms with E-state index >= 15 is 0 Å². The zero-order valence-corrected chi connectivity index (χ0v) is 21.2. The number of carbonyl (C=O) groups excluding carboxylic acids is 2. The lowest BCUT2D eigenvalue weighted by molar-refractivity contribution is -0.113. The van der Waals surface area contributed by atoms with Crippen molar-refractivity contribution in [3.63, 3.8) is 0 Å². The molecule has 2 heterocycles. The molecule has 0 spiro atoms. The van der Waals surface area contributed by atoms with Gasteiger partial charge in [0.15, 0.2) is 4.34 Å². The van der Waals surface area contributed by atoms with Crippen LogP contribution in [0.15, 0.2) is 57.8 Å². The first-order valence-corrected chi connectivity index (χ1v) is 13.9.